The monoisotopic (exact) mass is 293 g/mol. The molecule has 1 heterocycles. The van der Waals surface area contributed by atoms with E-state index in [1.807, 2.05) is 12.1 Å². The number of benzene rings is 1. The first-order chi connectivity index (χ1) is 9.96. The molecule has 2 atom stereocenters. The van der Waals surface area contributed by atoms with E-state index in [0.717, 1.165) is 36.6 Å². The smallest absolute Gasteiger partial charge is 0.166 e. The topological polar surface area (TPSA) is 39.7 Å². The fourth-order valence-corrected chi connectivity index (χ4v) is 2.76. The number of rotatable bonds is 5. The van der Waals surface area contributed by atoms with E-state index in [4.69, 9.17) is 14.2 Å². The Bertz CT molecular complexity index is 468. The predicted octanol–water partition coefficient (Wildman–Crippen LogP) is 3.17. The molecule has 4 heteroatoms. The minimum absolute atomic E-state index is 0.0601. The largest absolute Gasteiger partial charge is 0.493 e. The predicted molar refractivity (Wildman–Crippen MR) is 84.1 cm³/mol. The van der Waals surface area contributed by atoms with Crippen LogP contribution in [0.3, 0.4) is 0 Å². The molecule has 4 nitrogen and oxygen atoms in total. The highest BCUT2D eigenvalue weighted by Crippen LogP contribution is 2.42. The Morgan fingerprint density at radius 3 is 2.62 bits per heavy atom. The van der Waals surface area contributed by atoms with Crippen LogP contribution in [0.4, 0.5) is 0 Å². The van der Waals surface area contributed by atoms with Gasteiger partial charge in [0, 0.05) is 30.2 Å². The van der Waals surface area contributed by atoms with Crippen molar-refractivity contribution in [3.8, 4) is 11.5 Å². The van der Waals surface area contributed by atoms with Crippen LogP contribution in [0.25, 0.3) is 0 Å². The summed E-state index contributed by atoms with van der Waals surface area (Å²) in [6.07, 6.45) is 1.12. The Morgan fingerprint density at radius 1 is 1.24 bits per heavy atom. The molecule has 1 N–H and O–H groups in total. The Hall–Kier alpha value is -1.26. The highest BCUT2D eigenvalue weighted by atomic mass is 16.5. The van der Waals surface area contributed by atoms with Crippen molar-refractivity contribution in [2.24, 2.45) is 5.92 Å². The lowest BCUT2D eigenvalue weighted by atomic mass is 9.93. The summed E-state index contributed by atoms with van der Waals surface area (Å²) in [4.78, 5) is 0. The van der Waals surface area contributed by atoms with Gasteiger partial charge in [0.05, 0.1) is 20.3 Å². The second-order valence-electron chi connectivity index (χ2n) is 6.55. The average Bonchev–Trinajstić information content (AvgIpc) is 2.91. The highest BCUT2D eigenvalue weighted by Gasteiger charge is 2.33. The number of hydrogen-bond donors (Lipinski definition) is 1. The molecule has 1 fully saturated rings. The van der Waals surface area contributed by atoms with Gasteiger partial charge in [-0.15, -0.1) is 0 Å². The van der Waals surface area contributed by atoms with Gasteiger partial charge in [0.15, 0.2) is 11.5 Å². The molecule has 1 aliphatic rings. The second kappa shape index (κ2) is 6.67. The van der Waals surface area contributed by atoms with Gasteiger partial charge in [-0.1, -0.05) is 12.1 Å². The molecule has 0 bridgehead atoms. The molecule has 1 aromatic rings. The van der Waals surface area contributed by atoms with Gasteiger partial charge in [-0.2, -0.15) is 0 Å². The Balaban J connectivity index is 2.20. The maximum Gasteiger partial charge on any atom is 0.166 e. The third-order valence-corrected chi connectivity index (χ3v) is 3.85. The zero-order valence-corrected chi connectivity index (χ0v) is 13.7. The van der Waals surface area contributed by atoms with Crippen molar-refractivity contribution >= 4 is 0 Å². The molecule has 0 amide bonds. The molecule has 118 valence electrons. The zero-order valence-electron chi connectivity index (χ0n) is 13.7. The van der Waals surface area contributed by atoms with E-state index in [-0.39, 0.29) is 11.6 Å². The minimum Gasteiger partial charge on any atom is -0.493 e. The van der Waals surface area contributed by atoms with Gasteiger partial charge in [-0.25, -0.2) is 0 Å². The van der Waals surface area contributed by atoms with Crippen LogP contribution < -0.4 is 14.8 Å². The van der Waals surface area contributed by atoms with Crippen molar-refractivity contribution in [2.45, 2.75) is 38.8 Å². The van der Waals surface area contributed by atoms with E-state index in [9.17, 15) is 0 Å². The molecule has 0 saturated carbocycles. The Morgan fingerprint density at radius 2 is 2.00 bits per heavy atom. The minimum atomic E-state index is 0.0601. The lowest BCUT2D eigenvalue weighted by Crippen LogP contribution is -2.39. The molecule has 1 aromatic carbocycles. The quantitative estimate of drug-likeness (QED) is 0.905. The van der Waals surface area contributed by atoms with Crippen LogP contribution in [0.2, 0.25) is 0 Å². The number of ether oxygens (including phenoxy) is 3. The molecule has 2 rings (SSSR count). The Kier molecular flexibility index (Phi) is 5.12. The number of para-hydroxylation sites is 1. The summed E-state index contributed by atoms with van der Waals surface area (Å²) in [5, 5.41) is 3.58. The van der Waals surface area contributed by atoms with Crippen LogP contribution in [-0.4, -0.2) is 32.9 Å². The molecular formula is C17H27NO3. The normalized spacial score (nSPS) is 22.3. The van der Waals surface area contributed by atoms with Crippen molar-refractivity contribution in [1.29, 1.82) is 0 Å². The molecule has 2 unspecified atom stereocenters. The van der Waals surface area contributed by atoms with Gasteiger partial charge in [-0.05, 0) is 33.3 Å². The molecule has 1 saturated heterocycles. The SMILES string of the molecule is COc1cccc(C2OCCC2CNC(C)(C)C)c1OC. The summed E-state index contributed by atoms with van der Waals surface area (Å²) in [5.41, 5.74) is 1.20. The van der Waals surface area contributed by atoms with Crippen LogP contribution in [0.5, 0.6) is 11.5 Å². The van der Waals surface area contributed by atoms with Crippen LogP contribution in [0, 0.1) is 5.92 Å². The van der Waals surface area contributed by atoms with Gasteiger partial charge in [-0.3, -0.25) is 0 Å². The van der Waals surface area contributed by atoms with Crippen LogP contribution in [0.15, 0.2) is 18.2 Å². The van der Waals surface area contributed by atoms with Crippen molar-refractivity contribution < 1.29 is 14.2 Å². The van der Waals surface area contributed by atoms with E-state index in [2.05, 4.69) is 32.2 Å². The van der Waals surface area contributed by atoms with E-state index in [1.54, 1.807) is 14.2 Å². The summed E-state index contributed by atoms with van der Waals surface area (Å²) in [6, 6.07) is 5.98. The maximum atomic E-state index is 5.98. The number of methoxy groups -OCH3 is 2. The van der Waals surface area contributed by atoms with Crippen molar-refractivity contribution in [1.82, 2.24) is 5.32 Å². The maximum absolute atomic E-state index is 5.98. The molecule has 1 aliphatic heterocycles. The fourth-order valence-electron chi connectivity index (χ4n) is 2.76. The fraction of sp³-hybridized carbons (Fsp3) is 0.647. The number of nitrogens with one attached hydrogen (secondary N) is 1. The second-order valence-corrected chi connectivity index (χ2v) is 6.55. The van der Waals surface area contributed by atoms with E-state index >= 15 is 0 Å². The summed E-state index contributed by atoms with van der Waals surface area (Å²) >= 11 is 0. The van der Waals surface area contributed by atoms with Gasteiger partial charge in [0.25, 0.3) is 0 Å². The van der Waals surface area contributed by atoms with Crippen LogP contribution in [0.1, 0.15) is 38.9 Å². The first kappa shape index (κ1) is 16.1. The summed E-state index contributed by atoms with van der Waals surface area (Å²) in [6.45, 7) is 8.29. The zero-order chi connectivity index (χ0) is 15.5. The first-order valence-corrected chi connectivity index (χ1v) is 7.54. The molecule has 0 radical (unpaired) electrons. The average molecular weight is 293 g/mol. The van der Waals surface area contributed by atoms with E-state index < -0.39 is 0 Å². The van der Waals surface area contributed by atoms with E-state index in [1.165, 1.54) is 0 Å². The van der Waals surface area contributed by atoms with Crippen LogP contribution >= 0.6 is 0 Å². The Labute approximate surface area is 127 Å². The lowest BCUT2D eigenvalue weighted by Gasteiger charge is -2.26. The van der Waals surface area contributed by atoms with Gasteiger partial charge >= 0.3 is 0 Å². The van der Waals surface area contributed by atoms with Gasteiger partial charge < -0.3 is 19.5 Å². The third-order valence-electron chi connectivity index (χ3n) is 3.85. The van der Waals surface area contributed by atoms with Gasteiger partial charge in [0.2, 0.25) is 0 Å². The van der Waals surface area contributed by atoms with Crippen LogP contribution in [-0.2, 0) is 4.74 Å². The van der Waals surface area contributed by atoms with E-state index in [0.29, 0.717) is 5.92 Å². The lowest BCUT2D eigenvalue weighted by molar-refractivity contribution is 0.0863. The van der Waals surface area contributed by atoms with Crippen molar-refractivity contribution in [3.05, 3.63) is 23.8 Å². The first-order valence-electron chi connectivity index (χ1n) is 7.54. The van der Waals surface area contributed by atoms with Crippen molar-refractivity contribution in [3.63, 3.8) is 0 Å². The standard InChI is InChI=1S/C17H27NO3/c1-17(2,3)18-11-12-9-10-21-15(12)13-7-6-8-14(19-4)16(13)20-5/h6-8,12,15,18H,9-11H2,1-5H3. The molecule has 0 spiro atoms. The highest BCUT2D eigenvalue weighted by molar-refractivity contribution is 5.48. The summed E-state index contributed by atoms with van der Waals surface area (Å²) in [7, 11) is 3.34. The number of hydrogen-bond acceptors (Lipinski definition) is 4. The summed E-state index contributed by atoms with van der Waals surface area (Å²) < 4.78 is 16.9. The molecular weight excluding hydrogens is 266 g/mol. The molecule has 0 aliphatic carbocycles. The molecule has 21 heavy (non-hydrogen) atoms. The van der Waals surface area contributed by atoms with Crippen molar-refractivity contribution in [2.75, 3.05) is 27.4 Å². The third kappa shape index (κ3) is 3.89. The van der Waals surface area contributed by atoms with Gasteiger partial charge in [0.1, 0.15) is 0 Å². The molecule has 0 aromatic heterocycles. The summed E-state index contributed by atoms with van der Waals surface area (Å²) in [5.74, 6) is 1.99.